The lowest BCUT2D eigenvalue weighted by molar-refractivity contribution is -0.196. The van der Waals surface area contributed by atoms with Crippen LogP contribution >= 0.6 is 0 Å². The SMILES string of the molecule is CC(=O)OC1C2C=CC(C2)C1C(=O)OC1CCCCO1. The van der Waals surface area contributed by atoms with Crippen LogP contribution in [0.15, 0.2) is 12.2 Å². The fourth-order valence-electron chi connectivity index (χ4n) is 3.45. The first-order valence-corrected chi connectivity index (χ1v) is 7.33. The molecule has 5 unspecified atom stereocenters. The van der Waals surface area contributed by atoms with E-state index in [1.165, 1.54) is 6.92 Å². The number of allylic oxidation sites excluding steroid dienone is 1. The summed E-state index contributed by atoms with van der Waals surface area (Å²) >= 11 is 0. The maximum absolute atomic E-state index is 12.4. The van der Waals surface area contributed by atoms with Crippen LogP contribution in [-0.2, 0) is 23.8 Å². The highest BCUT2D eigenvalue weighted by Gasteiger charge is 2.51. The average Bonchev–Trinajstić information content (AvgIpc) is 3.00. The van der Waals surface area contributed by atoms with E-state index < -0.39 is 6.29 Å². The molecule has 1 saturated heterocycles. The lowest BCUT2D eigenvalue weighted by Gasteiger charge is -2.29. The molecule has 0 amide bonds. The summed E-state index contributed by atoms with van der Waals surface area (Å²) in [4.78, 5) is 23.6. The Hall–Kier alpha value is -1.36. The Morgan fingerprint density at radius 1 is 1.15 bits per heavy atom. The minimum Gasteiger partial charge on any atom is -0.461 e. The molecule has 2 aliphatic carbocycles. The molecular formula is C15H20O5. The fraction of sp³-hybridized carbons (Fsp3) is 0.733. The fourth-order valence-corrected chi connectivity index (χ4v) is 3.45. The maximum Gasteiger partial charge on any atom is 0.315 e. The second-order valence-electron chi connectivity index (χ2n) is 5.78. The third-order valence-electron chi connectivity index (χ3n) is 4.35. The largest absolute Gasteiger partial charge is 0.461 e. The van der Waals surface area contributed by atoms with Crippen LogP contribution in [0.1, 0.15) is 32.6 Å². The van der Waals surface area contributed by atoms with Crippen molar-refractivity contribution in [2.45, 2.75) is 45.0 Å². The zero-order chi connectivity index (χ0) is 14.1. The third-order valence-corrected chi connectivity index (χ3v) is 4.35. The second-order valence-corrected chi connectivity index (χ2v) is 5.78. The van der Waals surface area contributed by atoms with Gasteiger partial charge in [0.05, 0.1) is 6.61 Å². The van der Waals surface area contributed by atoms with E-state index in [2.05, 4.69) is 0 Å². The van der Waals surface area contributed by atoms with Crippen molar-refractivity contribution in [3.8, 4) is 0 Å². The van der Waals surface area contributed by atoms with Gasteiger partial charge in [-0.1, -0.05) is 12.2 Å². The molecule has 0 aromatic rings. The number of ether oxygens (including phenoxy) is 3. The van der Waals surface area contributed by atoms with Crippen LogP contribution in [0.25, 0.3) is 0 Å². The van der Waals surface area contributed by atoms with E-state index in [1.54, 1.807) is 0 Å². The molecule has 3 rings (SSSR count). The maximum atomic E-state index is 12.4. The molecule has 3 aliphatic rings. The van der Waals surface area contributed by atoms with E-state index in [9.17, 15) is 9.59 Å². The van der Waals surface area contributed by atoms with Crippen molar-refractivity contribution in [2.24, 2.45) is 17.8 Å². The lowest BCUT2D eigenvalue weighted by Crippen LogP contribution is -2.38. The predicted molar refractivity (Wildman–Crippen MR) is 69.5 cm³/mol. The van der Waals surface area contributed by atoms with Crippen LogP contribution in [-0.4, -0.2) is 30.9 Å². The first-order valence-electron chi connectivity index (χ1n) is 7.33. The summed E-state index contributed by atoms with van der Waals surface area (Å²) in [6.07, 6.45) is 6.92. The van der Waals surface area contributed by atoms with Crippen LogP contribution < -0.4 is 0 Å². The van der Waals surface area contributed by atoms with E-state index in [4.69, 9.17) is 14.2 Å². The molecule has 20 heavy (non-hydrogen) atoms. The molecule has 1 aliphatic heterocycles. The van der Waals surface area contributed by atoms with Crippen molar-refractivity contribution >= 4 is 11.9 Å². The summed E-state index contributed by atoms with van der Waals surface area (Å²) in [5, 5.41) is 0. The zero-order valence-electron chi connectivity index (χ0n) is 11.6. The Balaban J connectivity index is 1.65. The number of carbonyl (C=O) groups excluding carboxylic acids is 2. The summed E-state index contributed by atoms with van der Waals surface area (Å²) in [5.41, 5.74) is 0. The first kappa shape index (κ1) is 13.6. The van der Waals surface area contributed by atoms with Gasteiger partial charge < -0.3 is 14.2 Å². The highest BCUT2D eigenvalue weighted by molar-refractivity contribution is 5.76. The van der Waals surface area contributed by atoms with Crippen molar-refractivity contribution in [1.82, 2.24) is 0 Å². The second kappa shape index (κ2) is 5.56. The molecule has 0 N–H and O–H groups in total. The van der Waals surface area contributed by atoms with E-state index in [0.29, 0.717) is 6.61 Å². The number of rotatable bonds is 3. The number of fused-ring (bicyclic) bond motifs is 2. The average molecular weight is 280 g/mol. The molecule has 0 radical (unpaired) electrons. The van der Waals surface area contributed by atoms with Crippen molar-refractivity contribution in [1.29, 1.82) is 0 Å². The smallest absolute Gasteiger partial charge is 0.315 e. The van der Waals surface area contributed by atoms with Gasteiger partial charge in [-0.25, -0.2) is 0 Å². The van der Waals surface area contributed by atoms with Gasteiger partial charge in [-0.2, -0.15) is 0 Å². The quantitative estimate of drug-likeness (QED) is 0.583. The van der Waals surface area contributed by atoms with Crippen LogP contribution in [0, 0.1) is 17.8 Å². The molecule has 5 heteroatoms. The number of esters is 2. The van der Waals surface area contributed by atoms with Crippen molar-refractivity contribution in [3.05, 3.63) is 12.2 Å². The molecule has 0 aromatic carbocycles. The summed E-state index contributed by atoms with van der Waals surface area (Å²) in [5.74, 6) is -0.740. The topological polar surface area (TPSA) is 61.8 Å². The van der Waals surface area contributed by atoms with Gasteiger partial charge in [-0.15, -0.1) is 0 Å². The molecule has 1 heterocycles. The summed E-state index contributed by atoms with van der Waals surface area (Å²) in [6.45, 7) is 2.02. The lowest BCUT2D eigenvalue weighted by atomic mass is 9.91. The molecular weight excluding hydrogens is 260 g/mol. The van der Waals surface area contributed by atoms with Crippen molar-refractivity contribution < 1.29 is 23.8 Å². The minimum atomic E-state index is -0.433. The summed E-state index contributed by atoms with van der Waals surface area (Å²) in [7, 11) is 0. The molecule has 0 aromatic heterocycles. The van der Waals surface area contributed by atoms with Gasteiger partial charge >= 0.3 is 11.9 Å². The van der Waals surface area contributed by atoms with E-state index in [1.807, 2.05) is 12.2 Å². The van der Waals surface area contributed by atoms with Gasteiger partial charge in [0.2, 0.25) is 6.29 Å². The van der Waals surface area contributed by atoms with E-state index in [0.717, 1.165) is 25.7 Å². The Kier molecular flexibility index (Phi) is 3.78. The highest BCUT2D eigenvalue weighted by Crippen LogP contribution is 2.46. The van der Waals surface area contributed by atoms with Crippen LogP contribution in [0.5, 0.6) is 0 Å². The standard InChI is InChI=1S/C15H20O5/c1-9(16)19-14-11-6-5-10(8-11)13(14)15(17)20-12-4-2-3-7-18-12/h5-6,10-14H,2-4,7-8H2,1H3. The number of carbonyl (C=O) groups is 2. The molecule has 5 atom stereocenters. The van der Waals surface area contributed by atoms with Gasteiger partial charge in [-0.05, 0) is 25.2 Å². The molecule has 2 fully saturated rings. The van der Waals surface area contributed by atoms with Gasteiger partial charge in [0, 0.05) is 19.3 Å². The van der Waals surface area contributed by atoms with Crippen LogP contribution in [0.3, 0.4) is 0 Å². The Labute approximate surface area is 118 Å². The summed E-state index contributed by atoms with van der Waals surface area (Å²) < 4.78 is 16.2. The highest BCUT2D eigenvalue weighted by atomic mass is 16.7. The Morgan fingerprint density at radius 2 is 1.95 bits per heavy atom. The first-order chi connectivity index (χ1) is 9.65. The predicted octanol–water partition coefficient (Wildman–Crippen LogP) is 1.81. The van der Waals surface area contributed by atoms with Crippen LogP contribution in [0.4, 0.5) is 0 Å². The molecule has 0 spiro atoms. The van der Waals surface area contributed by atoms with Gasteiger partial charge in [-0.3, -0.25) is 9.59 Å². The summed E-state index contributed by atoms with van der Waals surface area (Å²) in [6, 6.07) is 0. The molecule has 110 valence electrons. The molecule has 5 nitrogen and oxygen atoms in total. The third kappa shape index (κ3) is 2.59. The van der Waals surface area contributed by atoms with Gasteiger partial charge in [0.25, 0.3) is 0 Å². The van der Waals surface area contributed by atoms with Gasteiger partial charge in [0.1, 0.15) is 12.0 Å². The molecule has 2 bridgehead atoms. The normalized spacial score (nSPS) is 38.8. The van der Waals surface area contributed by atoms with Gasteiger partial charge in [0.15, 0.2) is 0 Å². The van der Waals surface area contributed by atoms with Crippen LogP contribution in [0.2, 0.25) is 0 Å². The van der Waals surface area contributed by atoms with Crippen molar-refractivity contribution in [3.63, 3.8) is 0 Å². The Bertz CT molecular complexity index is 424. The zero-order valence-corrected chi connectivity index (χ0v) is 11.6. The van der Waals surface area contributed by atoms with E-state index >= 15 is 0 Å². The Morgan fingerprint density at radius 3 is 2.65 bits per heavy atom. The minimum absolute atomic E-state index is 0.125. The monoisotopic (exact) mass is 280 g/mol. The number of hydrogen-bond donors (Lipinski definition) is 0. The number of hydrogen-bond acceptors (Lipinski definition) is 5. The van der Waals surface area contributed by atoms with Crippen molar-refractivity contribution in [2.75, 3.05) is 6.61 Å². The van der Waals surface area contributed by atoms with E-state index in [-0.39, 0.29) is 35.8 Å². The molecule has 1 saturated carbocycles.